The zero-order valence-corrected chi connectivity index (χ0v) is 11.6. The fourth-order valence-electron chi connectivity index (χ4n) is 2.86. The molecule has 0 radical (unpaired) electrons. The summed E-state index contributed by atoms with van der Waals surface area (Å²) in [6.45, 7) is 2.46. The molecule has 0 saturated carbocycles. The summed E-state index contributed by atoms with van der Waals surface area (Å²) in [4.78, 5) is 11.2. The predicted octanol–water partition coefficient (Wildman–Crippen LogP) is 3.15. The number of aryl methyl sites for hydroxylation is 3. The van der Waals surface area contributed by atoms with Crippen LogP contribution in [0.4, 0.5) is 0 Å². The van der Waals surface area contributed by atoms with Crippen molar-refractivity contribution in [2.45, 2.75) is 39.2 Å². The number of hydrogen-bond donors (Lipinski definition) is 1. The largest absolute Gasteiger partial charge is 0.477 e. The number of aromatic carboxylic acids is 1. The molecule has 0 amide bonds. The molecule has 0 saturated heterocycles. The monoisotopic (exact) mass is 270 g/mol. The minimum Gasteiger partial charge on any atom is -0.477 e. The Hall–Kier alpha value is -2.10. The van der Waals surface area contributed by atoms with Gasteiger partial charge in [0.1, 0.15) is 5.69 Å². The summed E-state index contributed by atoms with van der Waals surface area (Å²) < 4.78 is 1.54. The van der Waals surface area contributed by atoms with E-state index in [2.05, 4.69) is 23.3 Å². The Kier molecular flexibility index (Phi) is 3.30. The van der Waals surface area contributed by atoms with E-state index in [9.17, 15) is 9.90 Å². The van der Waals surface area contributed by atoms with E-state index in [1.807, 2.05) is 6.92 Å². The van der Waals surface area contributed by atoms with Crippen LogP contribution in [0.2, 0.25) is 0 Å². The number of carbonyl (C=O) groups is 1. The summed E-state index contributed by atoms with van der Waals surface area (Å²) >= 11 is 0. The molecule has 1 aliphatic rings. The molecule has 0 aliphatic heterocycles. The van der Waals surface area contributed by atoms with Crippen molar-refractivity contribution in [1.29, 1.82) is 0 Å². The molecule has 1 aromatic heterocycles. The first-order valence-electron chi connectivity index (χ1n) is 7.12. The summed E-state index contributed by atoms with van der Waals surface area (Å²) in [5.41, 5.74) is 4.82. The molecule has 0 spiro atoms. The molecule has 1 heterocycles. The van der Waals surface area contributed by atoms with Gasteiger partial charge in [-0.1, -0.05) is 12.1 Å². The molecular weight excluding hydrogens is 252 g/mol. The van der Waals surface area contributed by atoms with Crippen LogP contribution in [0.25, 0.3) is 11.3 Å². The second-order valence-corrected chi connectivity index (χ2v) is 5.23. The first kappa shape index (κ1) is 12.9. The van der Waals surface area contributed by atoms with Gasteiger partial charge in [-0.25, -0.2) is 4.79 Å². The van der Waals surface area contributed by atoms with E-state index >= 15 is 0 Å². The molecule has 0 bridgehead atoms. The van der Waals surface area contributed by atoms with Gasteiger partial charge in [-0.3, -0.25) is 4.68 Å². The normalized spacial score (nSPS) is 14.1. The fourth-order valence-corrected chi connectivity index (χ4v) is 2.86. The van der Waals surface area contributed by atoms with E-state index < -0.39 is 5.97 Å². The predicted molar refractivity (Wildman–Crippen MR) is 76.9 cm³/mol. The molecule has 3 rings (SSSR count). The lowest BCUT2D eigenvalue weighted by molar-refractivity contribution is 0.0683. The Labute approximate surface area is 118 Å². The number of carboxylic acids is 1. The highest BCUT2D eigenvalue weighted by Crippen LogP contribution is 2.27. The Morgan fingerprint density at radius 3 is 2.65 bits per heavy atom. The van der Waals surface area contributed by atoms with Crippen LogP contribution in [0, 0.1) is 0 Å². The molecule has 4 nitrogen and oxygen atoms in total. The molecule has 0 atom stereocenters. The average Bonchev–Trinajstić information content (AvgIpc) is 2.91. The Balaban J connectivity index is 2.02. The SMILES string of the molecule is CCn1nc(-c2ccc3c(c2)CCCC3)cc1C(=O)O. The van der Waals surface area contributed by atoms with Crippen molar-refractivity contribution in [1.82, 2.24) is 9.78 Å². The van der Waals surface area contributed by atoms with Crippen LogP contribution in [0.5, 0.6) is 0 Å². The van der Waals surface area contributed by atoms with Crippen molar-refractivity contribution < 1.29 is 9.90 Å². The molecule has 104 valence electrons. The quantitative estimate of drug-likeness (QED) is 0.932. The van der Waals surface area contributed by atoms with Crippen LogP contribution in [0.15, 0.2) is 24.3 Å². The van der Waals surface area contributed by atoms with E-state index in [1.165, 1.54) is 28.7 Å². The highest BCUT2D eigenvalue weighted by Gasteiger charge is 2.16. The van der Waals surface area contributed by atoms with Crippen LogP contribution >= 0.6 is 0 Å². The summed E-state index contributed by atoms with van der Waals surface area (Å²) in [5.74, 6) is -0.927. The first-order valence-corrected chi connectivity index (χ1v) is 7.12. The third kappa shape index (κ3) is 2.22. The maximum atomic E-state index is 11.2. The molecule has 20 heavy (non-hydrogen) atoms. The third-order valence-corrected chi connectivity index (χ3v) is 3.94. The Morgan fingerprint density at radius 2 is 2.00 bits per heavy atom. The number of aromatic nitrogens is 2. The van der Waals surface area contributed by atoms with Crippen molar-refractivity contribution in [2.75, 3.05) is 0 Å². The summed E-state index contributed by atoms with van der Waals surface area (Å²) in [5, 5.41) is 13.6. The van der Waals surface area contributed by atoms with Crippen molar-refractivity contribution >= 4 is 5.97 Å². The summed E-state index contributed by atoms with van der Waals surface area (Å²) in [7, 11) is 0. The molecule has 4 heteroatoms. The molecular formula is C16H18N2O2. The molecule has 1 N–H and O–H groups in total. The lowest BCUT2D eigenvalue weighted by Gasteiger charge is -2.15. The van der Waals surface area contributed by atoms with Crippen molar-refractivity contribution in [3.8, 4) is 11.3 Å². The van der Waals surface area contributed by atoms with Crippen LogP contribution < -0.4 is 0 Å². The second kappa shape index (κ2) is 5.12. The fraction of sp³-hybridized carbons (Fsp3) is 0.375. The van der Waals surface area contributed by atoms with Gasteiger partial charge in [0.25, 0.3) is 0 Å². The molecule has 0 unspecified atom stereocenters. The maximum Gasteiger partial charge on any atom is 0.354 e. The van der Waals surface area contributed by atoms with Gasteiger partial charge in [0, 0.05) is 12.1 Å². The van der Waals surface area contributed by atoms with Gasteiger partial charge < -0.3 is 5.11 Å². The number of nitrogens with zero attached hydrogens (tertiary/aromatic N) is 2. The van der Waals surface area contributed by atoms with Crippen LogP contribution in [0.3, 0.4) is 0 Å². The minimum absolute atomic E-state index is 0.250. The summed E-state index contributed by atoms with van der Waals surface area (Å²) in [6.07, 6.45) is 4.77. The zero-order chi connectivity index (χ0) is 14.1. The molecule has 0 fully saturated rings. The number of hydrogen-bond acceptors (Lipinski definition) is 2. The first-order chi connectivity index (χ1) is 9.69. The van der Waals surface area contributed by atoms with Crippen LogP contribution in [0.1, 0.15) is 41.4 Å². The second-order valence-electron chi connectivity index (χ2n) is 5.23. The molecule has 1 aromatic carbocycles. The lowest BCUT2D eigenvalue weighted by atomic mass is 9.90. The van der Waals surface area contributed by atoms with E-state index in [4.69, 9.17) is 0 Å². The van der Waals surface area contributed by atoms with E-state index in [0.29, 0.717) is 6.54 Å². The van der Waals surface area contributed by atoms with Gasteiger partial charge in [-0.2, -0.15) is 5.10 Å². The highest BCUT2D eigenvalue weighted by atomic mass is 16.4. The topological polar surface area (TPSA) is 55.1 Å². The third-order valence-electron chi connectivity index (χ3n) is 3.94. The minimum atomic E-state index is -0.927. The van der Waals surface area contributed by atoms with Gasteiger partial charge in [-0.15, -0.1) is 0 Å². The van der Waals surface area contributed by atoms with Gasteiger partial charge in [-0.05, 0) is 55.9 Å². The van der Waals surface area contributed by atoms with E-state index in [-0.39, 0.29) is 5.69 Å². The van der Waals surface area contributed by atoms with Gasteiger partial charge in [0.05, 0.1) is 5.69 Å². The zero-order valence-electron chi connectivity index (χ0n) is 11.6. The number of benzene rings is 1. The van der Waals surface area contributed by atoms with Crippen LogP contribution in [-0.4, -0.2) is 20.9 Å². The lowest BCUT2D eigenvalue weighted by Crippen LogP contribution is -2.08. The number of rotatable bonds is 3. The Bertz CT molecular complexity index is 658. The summed E-state index contributed by atoms with van der Waals surface area (Å²) in [6, 6.07) is 8.05. The van der Waals surface area contributed by atoms with Crippen molar-refractivity contribution in [3.63, 3.8) is 0 Å². The molecule has 1 aliphatic carbocycles. The standard InChI is InChI=1S/C16H18N2O2/c1-2-18-15(16(19)20)10-14(17-18)13-8-7-11-5-3-4-6-12(11)9-13/h7-10H,2-6H2,1H3,(H,19,20). The molecule has 2 aromatic rings. The number of carboxylic acid groups (broad SMARTS) is 1. The maximum absolute atomic E-state index is 11.2. The Morgan fingerprint density at radius 1 is 1.25 bits per heavy atom. The van der Waals surface area contributed by atoms with E-state index in [1.54, 1.807) is 6.07 Å². The van der Waals surface area contributed by atoms with Crippen molar-refractivity contribution in [3.05, 3.63) is 41.1 Å². The smallest absolute Gasteiger partial charge is 0.354 e. The average molecular weight is 270 g/mol. The van der Waals surface area contributed by atoms with Gasteiger partial charge >= 0.3 is 5.97 Å². The number of fused-ring (bicyclic) bond motifs is 1. The van der Waals surface area contributed by atoms with Gasteiger partial charge in [0.15, 0.2) is 0 Å². The van der Waals surface area contributed by atoms with Crippen molar-refractivity contribution in [2.24, 2.45) is 0 Å². The highest BCUT2D eigenvalue weighted by molar-refractivity contribution is 5.87. The van der Waals surface area contributed by atoms with Gasteiger partial charge in [0.2, 0.25) is 0 Å². The van der Waals surface area contributed by atoms with E-state index in [0.717, 1.165) is 24.1 Å². The van der Waals surface area contributed by atoms with Crippen LogP contribution in [-0.2, 0) is 19.4 Å².